The summed E-state index contributed by atoms with van der Waals surface area (Å²) in [5, 5.41) is 27.5. The highest BCUT2D eigenvalue weighted by Crippen LogP contribution is 2.39. The second kappa shape index (κ2) is 1.60. The van der Waals surface area contributed by atoms with Crippen LogP contribution in [0.25, 0.3) is 0 Å². The first-order chi connectivity index (χ1) is 5.14. The van der Waals surface area contributed by atoms with Gasteiger partial charge in [-0.2, -0.15) is 0 Å². The molecular formula is C7H6O4. The molecule has 1 aliphatic heterocycles. The van der Waals surface area contributed by atoms with E-state index < -0.39 is 17.3 Å². The molecule has 0 aromatic heterocycles. The lowest BCUT2D eigenvalue weighted by Crippen LogP contribution is -2.25. The van der Waals surface area contributed by atoms with Crippen molar-refractivity contribution in [1.29, 1.82) is 0 Å². The fraction of sp³-hybridized carbons (Fsp3) is 0.143. The molecule has 58 valence electrons. The van der Waals surface area contributed by atoms with Crippen molar-refractivity contribution in [3.63, 3.8) is 0 Å². The van der Waals surface area contributed by atoms with Crippen LogP contribution in [0, 0.1) is 0 Å². The summed E-state index contributed by atoms with van der Waals surface area (Å²) in [4.78, 5) is 0. The van der Waals surface area contributed by atoms with Crippen molar-refractivity contribution < 1.29 is 20.1 Å². The Morgan fingerprint density at radius 1 is 1.36 bits per heavy atom. The number of aliphatic hydroxyl groups excluding tert-OH is 2. The third-order valence-corrected chi connectivity index (χ3v) is 1.73. The van der Waals surface area contributed by atoms with Crippen LogP contribution in [0.4, 0.5) is 0 Å². The molecule has 4 heteroatoms. The lowest BCUT2D eigenvalue weighted by Gasteiger charge is -2.12. The highest BCUT2D eigenvalue weighted by atomic mass is 16.6. The van der Waals surface area contributed by atoms with Crippen molar-refractivity contribution in [2.24, 2.45) is 0 Å². The first kappa shape index (κ1) is 6.30. The Bertz CT molecular complexity index is 300. The summed E-state index contributed by atoms with van der Waals surface area (Å²) >= 11 is 0. The van der Waals surface area contributed by atoms with Gasteiger partial charge in [0.2, 0.25) is 11.4 Å². The zero-order valence-corrected chi connectivity index (χ0v) is 5.48. The maximum atomic E-state index is 9.52. The Morgan fingerprint density at radius 2 is 2.09 bits per heavy atom. The Morgan fingerprint density at radius 3 is 2.73 bits per heavy atom. The molecule has 1 aliphatic carbocycles. The average molecular weight is 154 g/mol. The summed E-state index contributed by atoms with van der Waals surface area (Å²) in [6, 6.07) is 0. The zero-order chi connectivity index (χ0) is 8.06. The van der Waals surface area contributed by atoms with Gasteiger partial charge in [-0.25, -0.2) is 0 Å². The molecule has 1 heterocycles. The van der Waals surface area contributed by atoms with Gasteiger partial charge in [0.05, 0.1) is 0 Å². The van der Waals surface area contributed by atoms with E-state index >= 15 is 0 Å². The highest BCUT2D eigenvalue weighted by molar-refractivity contribution is 5.44. The van der Waals surface area contributed by atoms with Crippen LogP contribution in [0.2, 0.25) is 0 Å². The van der Waals surface area contributed by atoms with E-state index in [-0.39, 0.29) is 5.76 Å². The third kappa shape index (κ3) is 0.568. The van der Waals surface area contributed by atoms with Crippen LogP contribution < -0.4 is 0 Å². The Labute approximate surface area is 62.3 Å². The summed E-state index contributed by atoms with van der Waals surface area (Å²) in [7, 11) is 0. The van der Waals surface area contributed by atoms with Crippen molar-refractivity contribution in [2.75, 3.05) is 0 Å². The minimum absolute atomic E-state index is 0.132. The average Bonchev–Trinajstić information content (AvgIpc) is 2.39. The molecule has 4 nitrogen and oxygen atoms in total. The van der Waals surface area contributed by atoms with Crippen LogP contribution in [-0.2, 0) is 4.74 Å². The summed E-state index contributed by atoms with van der Waals surface area (Å²) < 4.78 is 4.63. The molecule has 0 amide bonds. The number of rotatable bonds is 0. The SMILES string of the molecule is OC1=C(O)C2(O)C=CC=C2O1. The largest absolute Gasteiger partial charge is 0.503 e. The van der Waals surface area contributed by atoms with E-state index in [1.807, 2.05) is 0 Å². The Kier molecular flexibility index (Phi) is 0.914. The van der Waals surface area contributed by atoms with Crippen molar-refractivity contribution >= 4 is 0 Å². The van der Waals surface area contributed by atoms with E-state index in [0.717, 1.165) is 0 Å². The first-order valence-corrected chi connectivity index (χ1v) is 3.07. The van der Waals surface area contributed by atoms with Crippen LogP contribution in [0.1, 0.15) is 0 Å². The molecule has 2 aliphatic rings. The molecule has 0 spiro atoms. The molecule has 0 aromatic carbocycles. The quantitative estimate of drug-likeness (QED) is 0.474. The molecule has 2 rings (SSSR count). The normalized spacial score (nSPS) is 33.7. The predicted octanol–water partition coefficient (Wildman–Crippen LogP) is 0.486. The topological polar surface area (TPSA) is 69.9 Å². The van der Waals surface area contributed by atoms with Crippen LogP contribution in [-0.4, -0.2) is 20.9 Å². The molecule has 3 N–H and O–H groups in total. The number of hydrogen-bond donors (Lipinski definition) is 3. The van der Waals surface area contributed by atoms with E-state index in [0.29, 0.717) is 0 Å². The summed E-state index contributed by atoms with van der Waals surface area (Å²) in [5.74, 6) is -1.06. The standard InChI is InChI=1S/C7H6O4/c8-5-6(9)11-4-2-1-3-7(4,5)10/h1-3,8-10H. The molecule has 0 aromatic rings. The van der Waals surface area contributed by atoms with Gasteiger partial charge in [-0.05, 0) is 12.2 Å². The van der Waals surface area contributed by atoms with Crippen LogP contribution in [0.15, 0.2) is 35.7 Å². The summed E-state index contributed by atoms with van der Waals surface area (Å²) in [6.45, 7) is 0. The Balaban J connectivity index is 2.54. The van der Waals surface area contributed by atoms with Gasteiger partial charge in [-0.15, -0.1) is 0 Å². The van der Waals surface area contributed by atoms with E-state index in [9.17, 15) is 5.11 Å². The monoisotopic (exact) mass is 154 g/mol. The number of allylic oxidation sites excluding steroid dienone is 2. The molecule has 0 fully saturated rings. The second-order valence-electron chi connectivity index (χ2n) is 2.41. The fourth-order valence-electron chi connectivity index (χ4n) is 1.11. The zero-order valence-electron chi connectivity index (χ0n) is 5.48. The number of aliphatic hydroxyl groups is 3. The fourth-order valence-corrected chi connectivity index (χ4v) is 1.11. The highest BCUT2D eigenvalue weighted by Gasteiger charge is 2.47. The molecular weight excluding hydrogens is 148 g/mol. The van der Waals surface area contributed by atoms with Gasteiger partial charge < -0.3 is 20.1 Å². The maximum Gasteiger partial charge on any atom is 0.325 e. The lowest BCUT2D eigenvalue weighted by molar-refractivity contribution is 0.0972. The van der Waals surface area contributed by atoms with Crippen LogP contribution >= 0.6 is 0 Å². The van der Waals surface area contributed by atoms with Gasteiger partial charge in [-0.1, -0.05) is 6.08 Å². The smallest absolute Gasteiger partial charge is 0.325 e. The van der Waals surface area contributed by atoms with Gasteiger partial charge in [0.25, 0.3) is 0 Å². The number of fused-ring (bicyclic) bond motifs is 1. The number of hydrogen-bond acceptors (Lipinski definition) is 4. The molecule has 0 saturated carbocycles. The molecule has 1 atom stereocenters. The van der Waals surface area contributed by atoms with Crippen molar-refractivity contribution in [3.8, 4) is 0 Å². The van der Waals surface area contributed by atoms with Crippen LogP contribution in [0.5, 0.6) is 0 Å². The molecule has 0 bridgehead atoms. The summed E-state index contributed by atoms with van der Waals surface area (Å²) in [5.41, 5.74) is -1.62. The van der Waals surface area contributed by atoms with Gasteiger partial charge in [-0.3, -0.25) is 0 Å². The minimum Gasteiger partial charge on any atom is -0.503 e. The van der Waals surface area contributed by atoms with Crippen LogP contribution in [0.3, 0.4) is 0 Å². The van der Waals surface area contributed by atoms with E-state index in [1.165, 1.54) is 18.2 Å². The maximum absolute atomic E-state index is 9.52. The van der Waals surface area contributed by atoms with E-state index in [4.69, 9.17) is 10.2 Å². The third-order valence-electron chi connectivity index (χ3n) is 1.73. The van der Waals surface area contributed by atoms with E-state index in [1.54, 1.807) is 0 Å². The van der Waals surface area contributed by atoms with Gasteiger partial charge in [0.1, 0.15) is 0 Å². The van der Waals surface area contributed by atoms with Gasteiger partial charge in [0, 0.05) is 0 Å². The lowest BCUT2D eigenvalue weighted by atomic mass is 10.1. The Hall–Kier alpha value is -1.42. The molecule has 11 heavy (non-hydrogen) atoms. The minimum atomic E-state index is -1.62. The molecule has 0 radical (unpaired) electrons. The second-order valence-corrected chi connectivity index (χ2v) is 2.41. The van der Waals surface area contributed by atoms with Crippen molar-refractivity contribution in [2.45, 2.75) is 5.60 Å². The van der Waals surface area contributed by atoms with Gasteiger partial charge >= 0.3 is 5.95 Å². The molecule has 1 unspecified atom stereocenters. The van der Waals surface area contributed by atoms with E-state index in [2.05, 4.69) is 4.74 Å². The number of ether oxygens (including phenoxy) is 1. The van der Waals surface area contributed by atoms with Crippen molar-refractivity contribution in [3.05, 3.63) is 35.7 Å². The van der Waals surface area contributed by atoms with Gasteiger partial charge in [0.15, 0.2) is 5.76 Å². The van der Waals surface area contributed by atoms with Crippen molar-refractivity contribution in [1.82, 2.24) is 0 Å². The first-order valence-electron chi connectivity index (χ1n) is 3.07. The predicted molar refractivity (Wildman–Crippen MR) is 35.5 cm³/mol. The molecule has 0 saturated heterocycles. The summed E-state index contributed by atoms with van der Waals surface area (Å²) in [6.07, 6.45) is 4.35.